The normalized spacial score (nSPS) is 17.5. The van der Waals surface area contributed by atoms with Crippen molar-refractivity contribution in [2.24, 2.45) is 0 Å². The number of benzene rings is 2. The Kier molecular flexibility index (Phi) is 5.60. The molecular formula is C23H23ClFNO4S. The summed E-state index contributed by atoms with van der Waals surface area (Å²) < 4.78 is 41.7. The number of aromatic nitrogens is 1. The van der Waals surface area contributed by atoms with Crippen LogP contribution in [0.2, 0.25) is 5.02 Å². The van der Waals surface area contributed by atoms with E-state index in [1.54, 1.807) is 12.1 Å². The van der Waals surface area contributed by atoms with Crippen molar-refractivity contribution < 1.29 is 22.7 Å². The van der Waals surface area contributed by atoms with E-state index in [2.05, 4.69) is 0 Å². The van der Waals surface area contributed by atoms with Gasteiger partial charge in [-0.05, 0) is 61.6 Å². The minimum absolute atomic E-state index is 0.0622. The van der Waals surface area contributed by atoms with E-state index < -0.39 is 21.6 Å². The van der Waals surface area contributed by atoms with Crippen molar-refractivity contribution in [2.45, 2.75) is 49.5 Å². The highest BCUT2D eigenvalue weighted by Crippen LogP contribution is 2.44. The lowest BCUT2D eigenvalue weighted by Gasteiger charge is -2.28. The predicted molar refractivity (Wildman–Crippen MR) is 118 cm³/mol. The van der Waals surface area contributed by atoms with Crippen molar-refractivity contribution in [3.05, 3.63) is 64.1 Å². The van der Waals surface area contributed by atoms with Crippen LogP contribution in [0.25, 0.3) is 10.9 Å². The number of hydrogen-bond donors (Lipinski definition) is 1. The molecule has 0 spiro atoms. The van der Waals surface area contributed by atoms with Crippen molar-refractivity contribution in [1.82, 2.24) is 4.57 Å². The third-order valence-corrected chi connectivity index (χ3v) is 7.46. The zero-order chi connectivity index (χ0) is 22.5. The number of sulfone groups is 1. The van der Waals surface area contributed by atoms with Gasteiger partial charge in [-0.25, -0.2) is 12.8 Å². The number of aryl methyl sites for hydroxylation is 1. The van der Waals surface area contributed by atoms with Crippen LogP contribution in [0.5, 0.6) is 0 Å². The Morgan fingerprint density at radius 3 is 2.58 bits per heavy atom. The van der Waals surface area contributed by atoms with Gasteiger partial charge in [0.15, 0.2) is 9.84 Å². The van der Waals surface area contributed by atoms with Crippen LogP contribution >= 0.6 is 11.6 Å². The van der Waals surface area contributed by atoms with Crippen molar-refractivity contribution in [2.75, 3.05) is 6.26 Å². The summed E-state index contributed by atoms with van der Waals surface area (Å²) in [5.74, 6) is -1.81. The summed E-state index contributed by atoms with van der Waals surface area (Å²) in [7, 11) is -3.74. The van der Waals surface area contributed by atoms with Crippen LogP contribution in [0, 0.1) is 5.82 Å². The molecule has 0 amide bonds. The molecule has 1 aliphatic carbocycles. The number of rotatable bonds is 5. The maximum atomic E-state index is 14.5. The molecule has 4 rings (SSSR count). The van der Waals surface area contributed by atoms with E-state index in [0.29, 0.717) is 28.8 Å². The summed E-state index contributed by atoms with van der Waals surface area (Å²) in [6.45, 7) is 1.94. The van der Waals surface area contributed by atoms with Gasteiger partial charge in [0, 0.05) is 28.3 Å². The Hall–Kier alpha value is -2.38. The number of aliphatic carboxylic acids is 1. The van der Waals surface area contributed by atoms with Gasteiger partial charge in [-0.1, -0.05) is 23.7 Å². The molecule has 31 heavy (non-hydrogen) atoms. The molecular weight excluding hydrogens is 441 g/mol. The average molecular weight is 464 g/mol. The summed E-state index contributed by atoms with van der Waals surface area (Å²) in [4.78, 5) is 11.5. The van der Waals surface area contributed by atoms with E-state index in [1.165, 1.54) is 6.07 Å². The molecule has 8 heteroatoms. The predicted octanol–water partition coefficient (Wildman–Crippen LogP) is 5.34. The third kappa shape index (κ3) is 3.96. The summed E-state index contributed by atoms with van der Waals surface area (Å²) in [5, 5.41) is 10.6. The second-order valence-electron chi connectivity index (χ2n) is 8.22. The third-order valence-electron chi connectivity index (χ3n) is 6.10. The van der Waals surface area contributed by atoms with E-state index in [0.717, 1.165) is 35.6 Å². The molecule has 1 heterocycles. The topological polar surface area (TPSA) is 76.4 Å². The first-order valence-corrected chi connectivity index (χ1v) is 12.4. The lowest BCUT2D eigenvalue weighted by molar-refractivity contribution is -0.137. The number of fused-ring (bicyclic) bond motifs is 3. The number of halogens is 2. The van der Waals surface area contributed by atoms with E-state index in [9.17, 15) is 22.7 Å². The lowest BCUT2D eigenvalue weighted by atomic mass is 9.84. The lowest BCUT2D eigenvalue weighted by Crippen LogP contribution is -2.20. The molecule has 164 valence electrons. The first kappa shape index (κ1) is 21.8. The molecule has 0 bridgehead atoms. The standard InChI is InChI=1S/C23H23ClFNO4S/c1-13(14-6-8-16(24)9-7-14)26-22-15(10-21(27)28)4-3-5-18(22)19-11-17(25)12-20(23(19)26)31(2,29)30/h6-9,11-13,15H,3-5,10H2,1-2H3,(H,27,28)/t13-,15-/m0/s1. The largest absolute Gasteiger partial charge is 0.481 e. The van der Waals surface area contributed by atoms with Crippen molar-refractivity contribution >= 4 is 38.3 Å². The van der Waals surface area contributed by atoms with Crippen LogP contribution in [0.15, 0.2) is 41.3 Å². The monoisotopic (exact) mass is 463 g/mol. The minimum atomic E-state index is -3.74. The fourth-order valence-corrected chi connectivity index (χ4v) is 5.82. The van der Waals surface area contributed by atoms with E-state index in [4.69, 9.17) is 11.6 Å². The Morgan fingerprint density at radius 1 is 1.29 bits per heavy atom. The maximum absolute atomic E-state index is 14.5. The Labute approximate surface area is 185 Å². The van der Waals surface area contributed by atoms with Gasteiger partial charge in [-0.2, -0.15) is 0 Å². The summed E-state index contributed by atoms with van der Waals surface area (Å²) >= 11 is 6.04. The number of carboxylic acid groups (broad SMARTS) is 1. The molecule has 1 aromatic heterocycles. The molecule has 1 aliphatic rings. The van der Waals surface area contributed by atoms with Crippen LogP contribution in [0.3, 0.4) is 0 Å². The summed E-state index contributed by atoms with van der Waals surface area (Å²) in [6, 6.07) is 9.38. The zero-order valence-corrected chi connectivity index (χ0v) is 18.8. The van der Waals surface area contributed by atoms with E-state index in [-0.39, 0.29) is 23.3 Å². The SMILES string of the molecule is C[C@@H](c1ccc(Cl)cc1)n1c2c(c3cc(F)cc(S(C)(=O)=O)c31)CCC[C@H]2CC(=O)O. The van der Waals surface area contributed by atoms with Gasteiger partial charge in [0.1, 0.15) is 5.82 Å². The molecule has 1 N–H and O–H groups in total. The average Bonchev–Trinajstić information content (AvgIpc) is 3.01. The van der Waals surface area contributed by atoms with Gasteiger partial charge in [0.25, 0.3) is 0 Å². The van der Waals surface area contributed by atoms with E-state index >= 15 is 0 Å². The fourth-order valence-electron chi connectivity index (χ4n) is 4.81. The second kappa shape index (κ2) is 7.95. The van der Waals surface area contributed by atoms with Crippen LogP contribution in [-0.4, -0.2) is 30.3 Å². The van der Waals surface area contributed by atoms with Crippen LogP contribution in [0.4, 0.5) is 4.39 Å². The zero-order valence-electron chi connectivity index (χ0n) is 17.2. The second-order valence-corrected chi connectivity index (χ2v) is 10.6. The highest BCUT2D eigenvalue weighted by Gasteiger charge is 2.33. The Balaban J connectivity index is 2.10. The number of nitrogens with zero attached hydrogens (tertiary/aromatic N) is 1. The van der Waals surface area contributed by atoms with Crippen LogP contribution in [-0.2, 0) is 21.1 Å². The molecule has 0 unspecified atom stereocenters. The first-order chi connectivity index (χ1) is 14.6. The van der Waals surface area contributed by atoms with Gasteiger partial charge in [0.2, 0.25) is 0 Å². The molecule has 0 saturated heterocycles. The molecule has 0 fully saturated rings. The van der Waals surface area contributed by atoms with Crippen LogP contribution in [0.1, 0.15) is 55.0 Å². The maximum Gasteiger partial charge on any atom is 0.304 e. The number of carbonyl (C=O) groups is 1. The quantitative estimate of drug-likeness (QED) is 0.554. The van der Waals surface area contributed by atoms with Crippen molar-refractivity contribution in [3.63, 3.8) is 0 Å². The van der Waals surface area contributed by atoms with Gasteiger partial charge in [-0.15, -0.1) is 0 Å². The Bertz CT molecular complexity index is 1280. The Morgan fingerprint density at radius 2 is 1.97 bits per heavy atom. The molecule has 5 nitrogen and oxygen atoms in total. The summed E-state index contributed by atoms with van der Waals surface area (Å²) in [5.41, 5.74) is 2.97. The highest BCUT2D eigenvalue weighted by atomic mass is 35.5. The molecule has 2 aromatic carbocycles. The molecule has 0 saturated carbocycles. The smallest absolute Gasteiger partial charge is 0.304 e. The van der Waals surface area contributed by atoms with Crippen molar-refractivity contribution in [3.8, 4) is 0 Å². The van der Waals surface area contributed by atoms with Crippen LogP contribution < -0.4 is 0 Å². The minimum Gasteiger partial charge on any atom is -0.481 e. The van der Waals surface area contributed by atoms with Gasteiger partial charge in [-0.3, -0.25) is 4.79 Å². The summed E-state index contributed by atoms with van der Waals surface area (Å²) in [6.07, 6.45) is 3.10. The fraction of sp³-hybridized carbons (Fsp3) is 0.348. The van der Waals surface area contributed by atoms with Gasteiger partial charge >= 0.3 is 5.97 Å². The molecule has 2 atom stereocenters. The number of hydrogen-bond acceptors (Lipinski definition) is 3. The highest BCUT2D eigenvalue weighted by molar-refractivity contribution is 7.91. The van der Waals surface area contributed by atoms with E-state index in [1.807, 2.05) is 23.6 Å². The number of carboxylic acids is 1. The van der Waals surface area contributed by atoms with Gasteiger partial charge < -0.3 is 9.67 Å². The molecule has 0 radical (unpaired) electrons. The van der Waals surface area contributed by atoms with Gasteiger partial charge in [0.05, 0.1) is 22.9 Å². The van der Waals surface area contributed by atoms with Crippen molar-refractivity contribution in [1.29, 1.82) is 0 Å². The first-order valence-electron chi connectivity index (χ1n) is 10.1. The molecule has 3 aromatic rings. The molecule has 0 aliphatic heterocycles.